The third-order valence-electron chi connectivity index (χ3n) is 5.52. The van der Waals surface area contributed by atoms with Crippen molar-refractivity contribution in [1.29, 1.82) is 0 Å². The zero-order valence-corrected chi connectivity index (χ0v) is 18.4. The number of piperidine rings is 1. The SMILES string of the molecule is CC(C)c1noc(N2CCC([C@@H](C)CCOc3ccc(S(C)(=O)=O)cn3)CC2)n1. The van der Waals surface area contributed by atoms with Gasteiger partial charge in [0, 0.05) is 37.5 Å². The van der Waals surface area contributed by atoms with Gasteiger partial charge in [-0.1, -0.05) is 25.9 Å². The van der Waals surface area contributed by atoms with E-state index in [1.165, 1.54) is 18.5 Å². The summed E-state index contributed by atoms with van der Waals surface area (Å²) in [7, 11) is -3.23. The number of hydrogen-bond donors (Lipinski definition) is 0. The van der Waals surface area contributed by atoms with Crippen LogP contribution in [0.3, 0.4) is 0 Å². The number of sulfone groups is 1. The zero-order chi connectivity index (χ0) is 21.0. The van der Waals surface area contributed by atoms with Crippen LogP contribution in [-0.2, 0) is 9.84 Å². The maximum absolute atomic E-state index is 11.5. The maximum atomic E-state index is 11.5. The summed E-state index contributed by atoms with van der Waals surface area (Å²) in [6.07, 6.45) is 5.60. The van der Waals surface area contributed by atoms with E-state index in [9.17, 15) is 8.42 Å². The van der Waals surface area contributed by atoms with Crippen molar-refractivity contribution in [3.63, 3.8) is 0 Å². The van der Waals surface area contributed by atoms with Gasteiger partial charge in [-0.3, -0.25) is 0 Å². The fourth-order valence-corrected chi connectivity index (χ4v) is 4.07. The smallest absolute Gasteiger partial charge is 0.324 e. The number of hydrogen-bond acceptors (Lipinski definition) is 8. The summed E-state index contributed by atoms with van der Waals surface area (Å²) in [5, 5.41) is 4.05. The normalized spacial score (nSPS) is 16.9. The van der Waals surface area contributed by atoms with Crippen LogP contribution in [-0.4, -0.2) is 49.5 Å². The number of rotatable bonds is 8. The second kappa shape index (κ2) is 9.11. The van der Waals surface area contributed by atoms with Gasteiger partial charge in [0.2, 0.25) is 5.88 Å². The van der Waals surface area contributed by atoms with Gasteiger partial charge in [-0.25, -0.2) is 13.4 Å². The first kappa shape index (κ1) is 21.5. The van der Waals surface area contributed by atoms with Crippen molar-refractivity contribution in [3.05, 3.63) is 24.2 Å². The molecule has 3 heterocycles. The molecule has 1 atom stereocenters. The van der Waals surface area contributed by atoms with Crippen molar-refractivity contribution in [1.82, 2.24) is 15.1 Å². The number of aromatic nitrogens is 3. The molecule has 0 N–H and O–H groups in total. The van der Waals surface area contributed by atoms with Gasteiger partial charge in [0.05, 0.1) is 11.5 Å². The summed E-state index contributed by atoms with van der Waals surface area (Å²) < 4.78 is 34.0. The molecule has 0 saturated carbocycles. The summed E-state index contributed by atoms with van der Waals surface area (Å²) in [5.74, 6) is 2.63. The quantitative estimate of drug-likeness (QED) is 0.639. The van der Waals surface area contributed by atoms with Gasteiger partial charge in [-0.15, -0.1) is 0 Å². The monoisotopic (exact) mass is 422 g/mol. The fourth-order valence-electron chi connectivity index (χ4n) is 3.51. The van der Waals surface area contributed by atoms with Crippen LogP contribution in [0.25, 0.3) is 0 Å². The predicted molar refractivity (Wildman–Crippen MR) is 110 cm³/mol. The lowest BCUT2D eigenvalue weighted by molar-refractivity contribution is 0.216. The average molecular weight is 423 g/mol. The van der Waals surface area contributed by atoms with Gasteiger partial charge < -0.3 is 14.2 Å². The van der Waals surface area contributed by atoms with Gasteiger partial charge in [-0.05, 0) is 37.2 Å². The van der Waals surface area contributed by atoms with Crippen molar-refractivity contribution in [2.24, 2.45) is 11.8 Å². The van der Waals surface area contributed by atoms with E-state index in [2.05, 4.69) is 40.8 Å². The number of nitrogens with zero attached hydrogens (tertiary/aromatic N) is 4. The minimum atomic E-state index is -3.23. The molecule has 1 aliphatic rings. The Morgan fingerprint density at radius 1 is 1.24 bits per heavy atom. The first-order chi connectivity index (χ1) is 13.7. The Morgan fingerprint density at radius 2 is 1.97 bits per heavy atom. The molecule has 29 heavy (non-hydrogen) atoms. The van der Waals surface area contributed by atoms with Crippen LogP contribution in [0.2, 0.25) is 0 Å². The van der Waals surface area contributed by atoms with Gasteiger partial charge in [-0.2, -0.15) is 4.98 Å². The van der Waals surface area contributed by atoms with Gasteiger partial charge in [0.15, 0.2) is 15.7 Å². The number of ether oxygens (including phenoxy) is 1. The van der Waals surface area contributed by atoms with Crippen molar-refractivity contribution in [3.8, 4) is 5.88 Å². The molecular formula is C20H30N4O4S. The Kier molecular flexibility index (Phi) is 6.77. The highest BCUT2D eigenvalue weighted by Gasteiger charge is 2.26. The lowest BCUT2D eigenvalue weighted by atomic mass is 9.84. The molecule has 2 aromatic heterocycles. The lowest BCUT2D eigenvalue weighted by Crippen LogP contribution is -2.36. The summed E-state index contributed by atoms with van der Waals surface area (Å²) in [5.41, 5.74) is 0. The van der Waals surface area contributed by atoms with E-state index in [0.29, 0.717) is 30.3 Å². The molecule has 0 aromatic carbocycles. The molecule has 1 saturated heterocycles. The Hall–Kier alpha value is -2.16. The maximum Gasteiger partial charge on any atom is 0.324 e. The molecule has 160 valence electrons. The van der Waals surface area contributed by atoms with Crippen LogP contribution in [0.15, 0.2) is 27.7 Å². The molecule has 0 aliphatic carbocycles. The van der Waals surface area contributed by atoms with Crippen LogP contribution in [0.5, 0.6) is 5.88 Å². The van der Waals surface area contributed by atoms with Gasteiger partial charge in [0.25, 0.3) is 0 Å². The van der Waals surface area contributed by atoms with Crippen LogP contribution in [0, 0.1) is 11.8 Å². The van der Waals surface area contributed by atoms with Crippen molar-refractivity contribution in [2.45, 2.75) is 50.8 Å². The van der Waals surface area contributed by atoms with Gasteiger partial charge in [0.1, 0.15) is 0 Å². The highest BCUT2D eigenvalue weighted by atomic mass is 32.2. The minimum Gasteiger partial charge on any atom is -0.478 e. The molecule has 3 rings (SSSR count). The Morgan fingerprint density at radius 3 is 2.52 bits per heavy atom. The highest BCUT2D eigenvalue weighted by Crippen LogP contribution is 2.29. The van der Waals surface area contributed by atoms with Crippen molar-refractivity contribution < 1.29 is 17.7 Å². The second-order valence-corrected chi connectivity index (χ2v) is 10.1. The van der Waals surface area contributed by atoms with E-state index in [1.54, 1.807) is 6.07 Å². The summed E-state index contributed by atoms with van der Waals surface area (Å²) in [6, 6.07) is 3.76. The van der Waals surface area contributed by atoms with E-state index in [-0.39, 0.29) is 10.8 Å². The lowest BCUT2D eigenvalue weighted by Gasteiger charge is -2.33. The first-order valence-electron chi connectivity index (χ1n) is 10.1. The number of pyridine rings is 1. The molecule has 2 aromatic rings. The molecule has 9 heteroatoms. The van der Waals surface area contributed by atoms with Crippen LogP contribution in [0.4, 0.5) is 6.01 Å². The first-order valence-corrected chi connectivity index (χ1v) is 12.0. The molecule has 1 aliphatic heterocycles. The van der Waals surface area contributed by atoms with Crippen LogP contribution < -0.4 is 9.64 Å². The molecule has 8 nitrogen and oxygen atoms in total. The summed E-state index contributed by atoms with van der Waals surface area (Å²) >= 11 is 0. The Bertz CT molecular complexity index is 887. The van der Waals surface area contributed by atoms with Gasteiger partial charge >= 0.3 is 6.01 Å². The van der Waals surface area contributed by atoms with E-state index >= 15 is 0 Å². The molecule has 0 unspecified atom stereocenters. The second-order valence-electron chi connectivity index (χ2n) is 8.13. The Labute approximate surface area is 172 Å². The summed E-state index contributed by atoms with van der Waals surface area (Å²) in [4.78, 5) is 10.9. The topological polar surface area (TPSA) is 98.4 Å². The fraction of sp³-hybridized carbons (Fsp3) is 0.650. The zero-order valence-electron chi connectivity index (χ0n) is 17.5. The highest BCUT2D eigenvalue weighted by molar-refractivity contribution is 7.90. The standard InChI is InChI=1S/C20H30N4O4S/c1-14(2)19-22-20(28-23-19)24-10-7-16(8-11-24)15(3)9-12-27-18-6-5-17(13-21-18)29(4,25)26/h5-6,13-16H,7-12H2,1-4H3/t15-/m0/s1. The van der Waals surface area contributed by atoms with Crippen molar-refractivity contribution in [2.75, 3.05) is 30.9 Å². The van der Waals surface area contributed by atoms with Crippen LogP contribution in [0.1, 0.15) is 51.8 Å². The van der Waals surface area contributed by atoms with E-state index in [0.717, 1.165) is 38.2 Å². The molecule has 0 spiro atoms. The Balaban J connectivity index is 1.42. The average Bonchev–Trinajstić information content (AvgIpc) is 3.18. The van der Waals surface area contributed by atoms with Crippen molar-refractivity contribution >= 4 is 15.9 Å². The van der Waals surface area contributed by atoms with E-state index in [1.807, 2.05) is 0 Å². The molecule has 1 fully saturated rings. The van der Waals surface area contributed by atoms with Crippen LogP contribution >= 0.6 is 0 Å². The third-order valence-corrected chi connectivity index (χ3v) is 6.62. The predicted octanol–water partition coefficient (Wildman–Crippen LogP) is 3.31. The largest absolute Gasteiger partial charge is 0.478 e. The molecular weight excluding hydrogens is 392 g/mol. The number of anilines is 1. The molecule has 0 radical (unpaired) electrons. The molecule has 0 bridgehead atoms. The van der Waals surface area contributed by atoms with E-state index in [4.69, 9.17) is 9.26 Å². The minimum absolute atomic E-state index is 0.201. The third kappa shape index (κ3) is 5.68. The molecule has 0 amide bonds. The summed E-state index contributed by atoms with van der Waals surface area (Å²) in [6.45, 7) is 8.77. The van der Waals surface area contributed by atoms with E-state index < -0.39 is 9.84 Å².